The summed E-state index contributed by atoms with van der Waals surface area (Å²) in [5, 5.41) is 23.5. The van der Waals surface area contributed by atoms with Gasteiger partial charge in [-0.1, -0.05) is 43.2 Å². The second-order valence-electron chi connectivity index (χ2n) is 9.76. The Labute approximate surface area is 245 Å². The number of nitrogens with zero attached hydrogens (tertiary/aromatic N) is 1. The molecule has 0 saturated heterocycles. The van der Waals surface area contributed by atoms with E-state index in [2.05, 4.69) is 34.3 Å². The van der Waals surface area contributed by atoms with Gasteiger partial charge in [0, 0.05) is 11.6 Å². The summed E-state index contributed by atoms with van der Waals surface area (Å²) in [7, 11) is 0. The van der Waals surface area contributed by atoms with Gasteiger partial charge < -0.3 is 25.4 Å². The maximum absolute atomic E-state index is 11.5. The maximum atomic E-state index is 11.5. The molecule has 206 valence electrons. The van der Waals surface area contributed by atoms with Crippen molar-refractivity contribution in [3.05, 3.63) is 56.7 Å². The van der Waals surface area contributed by atoms with Crippen molar-refractivity contribution >= 4 is 55.5 Å². The van der Waals surface area contributed by atoms with Crippen molar-refractivity contribution in [3.63, 3.8) is 0 Å². The largest absolute Gasteiger partial charge is 0.504 e. The Hall–Kier alpha value is -1.39. The van der Waals surface area contributed by atoms with Crippen molar-refractivity contribution < 1.29 is 10.2 Å². The summed E-state index contributed by atoms with van der Waals surface area (Å²) in [6, 6.07) is 10.4. The Kier molecular flexibility index (Phi) is 13.7. The van der Waals surface area contributed by atoms with Crippen molar-refractivity contribution in [1.82, 2.24) is 15.2 Å². The van der Waals surface area contributed by atoms with Crippen LogP contribution in [0.25, 0.3) is 10.2 Å². The molecule has 3 aromatic rings. The van der Waals surface area contributed by atoms with Gasteiger partial charge in [0.2, 0.25) is 0 Å². The van der Waals surface area contributed by atoms with E-state index in [1.807, 2.05) is 12.1 Å². The van der Waals surface area contributed by atoms with E-state index in [-0.39, 0.29) is 50.3 Å². The van der Waals surface area contributed by atoms with Crippen LogP contribution in [0.4, 0.5) is 0 Å². The van der Waals surface area contributed by atoms with Crippen LogP contribution >= 0.6 is 45.3 Å². The topological polar surface area (TPSA) is 88.6 Å². The van der Waals surface area contributed by atoms with E-state index in [0.717, 1.165) is 74.1 Å². The van der Waals surface area contributed by atoms with Crippen molar-refractivity contribution in [1.29, 1.82) is 0 Å². The number of hydrogen-bond donors (Lipinski definition) is 4. The van der Waals surface area contributed by atoms with Crippen LogP contribution in [0.2, 0.25) is 0 Å². The third-order valence-electron chi connectivity index (χ3n) is 7.19. The number of aromatic hydroxyl groups is 2. The number of halogens is 2. The van der Waals surface area contributed by atoms with Crippen LogP contribution in [-0.2, 0) is 19.3 Å². The van der Waals surface area contributed by atoms with E-state index in [4.69, 9.17) is 0 Å². The molecule has 0 aliphatic heterocycles. The second kappa shape index (κ2) is 15.9. The number of rotatable bonds is 13. The van der Waals surface area contributed by atoms with E-state index in [1.165, 1.54) is 48.1 Å². The fourth-order valence-corrected chi connectivity index (χ4v) is 6.10. The Bertz CT molecular complexity index is 1170. The normalized spacial score (nSPS) is 14.8. The van der Waals surface area contributed by atoms with Crippen molar-refractivity contribution in [2.45, 2.75) is 70.8 Å². The molecule has 37 heavy (non-hydrogen) atoms. The number of aromatic amines is 1. The molecular formula is C28H41Br2N3O3S. The molecule has 1 heterocycles. The lowest BCUT2D eigenvalue weighted by atomic mass is 9.86. The van der Waals surface area contributed by atoms with Crippen LogP contribution < -0.4 is 10.2 Å². The number of nitrogens with one attached hydrogen (secondary N) is 2. The van der Waals surface area contributed by atoms with Crippen molar-refractivity contribution in [2.24, 2.45) is 0 Å². The van der Waals surface area contributed by atoms with Gasteiger partial charge >= 0.3 is 4.87 Å². The SMILES string of the molecule is Br.Br.CCCN(CCCCCCNCCc1ccc2[nH]c(=O)sc2c1)C1CCc2c(ccc(O)c2O)C1. The molecule has 1 unspecified atom stereocenters. The molecule has 9 heteroatoms. The second-order valence-corrected chi connectivity index (χ2v) is 10.8. The summed E-state index contributed by atoms with van der Waals surface area (Å²) in [5.41, 5.74) is 4.33. The van der Waals surface area contributed by atoms with Gasteiger partial charge in [0.15, 0.2) is 11.5 Å². The molecule has 1 atom stereocenters. The van der Waals surface area contributed by atoms with Gasteiger partial charge in [-0.15, -0.1) is 34.0 Å². The zero-order valence-corrected chi connectivity index (χ0v) is 25.9. The molecule has 0 radical (unpaired) electrons. The van der Waals surface area contributed by atoms with E-state index in [0.29, 0.717) is 6.04 Å². The lowest BCUT2D eigenvalue weighted by molar-refractivity contribution is 0.175. The molecule has 0 bridgehead atoms. The predicted octanol–water partition coefficient (Wildman–Crippen LogP) is 6.12. The van der Waals surface area contributed by atoms with Crippen LogP contribution in [0, 0.1) is 0 Å². The molecule has 4 rings (SSSR count). The lowest BCUT2D eigenvalue weighted by Crippen LogP contribution is -2.40. The molecule has 1 aliphatic carbocycles. The van der Waals surface area contributed by atoms with Crippen LogP contribution in [0.5, 0.6) is 11.5 Å². The van der Waals surface area contributed by atoms with E-state index >= 15 is 0 Å². The minimum atomic E-state index is -0.000301. The van der Waals surface area contributed by atoms with Gasteiger partial charge in [0.1, 0.15) is 0 Å². The highest BCUT2D eigenvalue weighted by molar-refractivity contribution is 8.93. The average molecular weight is 660 g/mol. The number of phenols is 2. The van der Waals surface area contributed by atoms with Crippen molar-refractivity contribution in [2.75, 3.05) is 26.2 Å². The molecule has 1 aromatic heterocycles. The number of phenolic OH excluding ortho intramolecular Hbond substituents is 2. The Morgan fingerprint density at radius 3 is 2.68 bits per heavy atom. The number of hydrogen-bond acceptors (Lipinski definition) is 6. The fourth-order valence-electron chi connectivity index (χ4n) is 5.30. The lowest BCUT2D eigenvalue weighted by Gasteiger charge is -2.35. The first-order chi connectivity index (χ1) is 17.0. The van der Waals surface area contributed by atoms with Gasteiger partial charge in [0.25, 0.3) is 0 Å². The highest BCUT2D eigenvalue weighted by Crippen LogP contribution is 2.36. The number of thiazole rings is 1. The molecule has 0 spiro atoms. The number of H-pyrrole nitrogens is 1. The molecule has 0 fully saturated rings. The van der Waals surface area contributed by atoms with E-state index in [1.54, 1.807) is 6.07 Å². The minimum Gasteiger partial charge on any atom is -0.504 e. The summed E-state index contributed by atoms with van der Waals surface area (Å²) in [4.78, 5) is 17.0. The monoisotopic (exact) mass is 657 g/mol. The summed E-state index contributed by atoms with van der Waals surface area (Å²) >= 11 is 1.28. The molecule has 0 amide bonds. The summed E-state index contributed by atoms with van der Waals surface area (Å²) in [6.07, 6.45) is 9.91. The third-order valence-corrected chi connectivity index (χ3v) is 8.04. The highest BCUT2D eigenvalue weighted by atomic mass is 79.9. The number of fused-ring (bicyclic) bond motifs is 2. The van der Waals surface area contributed by atoms with Gasteiger partial charge in [-0.2, -0.15) is 0 Å². The van der Waals surface area contributed by atoms with Crippen LogP contribution in [-0.4, -0.2) is 52.3 Å². The van der Waals surface area contributed by atoms with E-state index < -0.39 is 0 Å². The minimum absolute atomic E-state index is 0. The van der Waals surface area contributed by atoms with Gasteiger partial charge in [0.05, 0.1) is 10.2 Å². The first-order valence-electron chi connectivity index (χ1n) is 13.1. The van der Waals surface area contributed by atoms with Gasteiger partial charge in [-0.3, -0.25) is 4.79 Å². The van der Waals surface area contributed by atoms with Crippen LogP contribution in [0.15, 0.2) is 35.1 Å². The zero-order valence-electron chi connectivity index (χ0n) is 21.6. The summed E-state index contributed by atoms with van der Waals surface area (Å²) in [6.45, 7) is 6.52. The quantitative estimate of drug-likeness (QED) is 0.131. The molecule has 6 nitrogen and oxygen atoms in total. The molecule has 1 aliphatic rings. The molecule has 4 N–H and O–H groups in total. The maximum Gasteiger partial charge on any atom is 0.305 e. The molecular weight excluding hydrogens is 618 g/mol. The number of benzene rings is 2. The van der Waals surface area contributed by atoms with Crippen LogP contribution in [0.1, 0.15) is 62.1 Å². The Morgan fingerprint density at radius 1 is 1.05 bits per heavy atom. The number of aromatic nitrogens is 1. The van der Waals surface area contributed by atoms with Gasteiger partial charge in [-0.05, 0) is 100 Å². The number of unbranched alkanes of at least 4 members (excludes halogenated alkanes) is 3. The summed E-state index contributed by atoms with van der Waals surface area (Å²) < 4.78 is 1.04. The third kappa shape index (κ3) is 8.82. The van der Waals surface area contributed by atoms with Crippen molar-refractivity contribution in [3.8, 4) is 11.5 Å². The summed E-state index contributed by atoms with van der Waals surface area (Å²) in [5.74, 6) is 0.0799. The fraction of sp³-hybridized carbons (Fsp3) is 0.536. The highest BCUT2D eigenvalue weighted by Gasteiger charge is 2.26. The van der Waals surface area contributed by atoms with E-state index in [9.17, 15) is 15.0 Å². The molecule has 2 aromatic carbocycles. The average Bonchev–Trinajstić information content (AvgIpc) is 3.23. The Morgan fingerprint density at radius 2 is 1.86 bits per heavy atom. The van der Waals surface area contributed by atoms with Gasteiger partial charge in [-0.25, -0.2) is 0 Å². The Balaban J connectivity index is 0.00000241. The smallest absolute Gasteiger partial charge is 0.305 e. The molecule has 0 saturated carbocycles. The first kappa shape index (κ1) is 31.8. The predicted molar refractivity (Wildman–Crippen MR) is 166 cm³/mol. The standard InChI is InChI=1S/C28H39N3O3S.2BrH/c1-2-16-31(22-9-10-23-21(19-22)8-12-25(32)27(23)33)17-6-4-3-5-14-29-15-13-20-7-11-24-26(18-20)35-28(34)30-24;;/h7-8,11-12,18,22,29,32-33H,2-6,9-10,13-17,19H2,1H3,(H,30,34);2*1H. The zero-order chi connectivity index (χ0) is 24.6. The first-order valence-corrected chi connectivity index (χ1v) is 14.0. The van der Waals surface area contributed by atoms with Crippen LogP contribution in [0.3, 0.4) is 0 Å².